The summed E-state index contributed by atoms with van der Waals surface area (Å²) in [6.07, 6.45) is 0. The average molecular weight is 488 g/mol. The fourth-order valence-electron chi connectivity index (χ4n) is 3.82. The van der Waals surface area contributed by atoms with Gasteiger partial charge in [0.2, 0.25) is 10.0 Å². The van der Waals surface area contributed by atoms with Crippen molar-refractivity contribution in [3.8, 4) is 0 Å². The first-order valence-corrected chi connectivity index (χ1v) is 13.4. The number of nitrogens with zero attached hydrogens (tertiary/aromatic N) is 3. The van der Waals surface area contributed by atoms with Crippen LogP contribution in [0.2, 0.25) is 0 Å². The molecule has 1 aromatic heterocycles. The molecule has 3 rings (SSSR count). The van der Waals surface area contributed by atoms with Gasteiger partial charge in [-0.3, -0.25) is 4.79 Å². The largest absolute Gasteiger partial charge is 0.319 e. The van der Waals surface area contributed by atoms with E-state index in [4.69, 9.17) is 0 Å². The first-order valence-electron chi connectivity index (χ1n) is 11.2. The van der Waals surface area contributed by atoms with Crippen LogP contribution in [0.3, 0.4) is 0 Å². The summed E-state index contributed by atoms with van der Waals surface area (Å²) >= 11 is 1.48. The Kier molecular flexibility index (Phi) is 7.61. The van der Waals surface area contributed by atoms with Crippen molar-refractivity contribution in [2.24, 2.45) is 23.9 Å². The average Bonchev–Trinajstić information content (AvgIpc) is 3.07. The number of benzene rings is 2. The smallest absolute Gasteiger partial charge is 0.279 e. The van der Waals surface area contributed by atoms with Gasteiger partial charge in [-0.05, 0) is 61.1 Å². The molecule has 8 heteroatoms. The molecule has 0 saturated heterocycles. The SMILES string of the molecule is Cc1ccc(C)c2c1sc(=NC(=O)c1ccc(S(=O)(=O)N(CC(C)C)CC(C)C)cc1)n2C. The second-order valence-electron chi connectivity index (χ2n) is 9.37. The number of carbonyl (C=O) groups is 1. The van der Waals surface area contributed by atoms with E-state index in [1.54, 1.807) is 12.1 Å². The van der Waals surface area contributed by atoms with Crippen molar-refractivity contribution in [1.82, 2.24) is 8.87 Å². The van der Waals surface area contributed by atoms with E-state index in [0.29, 0.717) is 23.5 Å². The van der Waals surface area contributed by atoms with Gasteiger partial charge in [-0.2, -0.15) is 9.30 Å². The molecule has 1 amide bonds. The molecule has 0 bridgehead atoms. The van der Waals surface area contributed by atoms with Crippen LogP contribution in [0, 0.1) is 25.7 Å². The lowest BCUT2D eigenvalue weighted by molar-refractivity contribution is 0.0998. The molecule has 0 aliphatic rings. The molecule has 178 valence electrons. The second-order valence-corrected chi connectivity index (χ2v) is 12.3. The van der Waals surface area contributed by atoms with Gasteiger partial charge in [-0.1, -0.05) is 51.2 Å². The molecule has 33 heavy (non-hydrogen) atoms. The summed E-state index contributed by atoms with van der Waals surface area (Å²) in [4.78, 5) is 18.0. The summed E-state index contributed by atoms with van der Waals surface area (Å²) in [6.45, 7) is 13.0. The standard InChI is InChI=1S/C25H33N3O3S2/c1-16(2)14-28(15-17(3)4)33(30,31)21-12-10-20(11-13-21)24(29)26-25-27(7)22-18(5)8-9-19(6)23(22)32-25/h8-13,16-17H,14-15H2,1-7H3. The molecule has 3 aromatic rings. The van der Waals surface area contributed by atoms with Gasteiger partial charge in [-0.25, -0.2) is 8.42 Å². The maximum absolute atomic E-state index is 13.2. The Morgan fingerprint density at radius 1 is 0.970 bits per heavy atom. The first-order chi connectivity index (χ1) is 15.4. The lowest BCUT2D eigenvalue weighted by Gasteiger charge is -2.25. The lowest BCUT2D eigenvalue weighted by atomic mass is 10.1. The zero-order valence-corrected chi connectivity index (χ0v) is 22.0. The Morgan fingerprint density at radius 3 is 2.03 bits per heavy atom. The topological polar surface area (TPSA) is 71.7 Å². The fourth-order valence-corrected chi connectivity index (χ4v) is 6.75. The number of fused-ring (bicyclic) bond motifs is 1. The highest BCUT2D eigenvalue weighted by molar-refractivity contribution is 7.89. The van der Waals surface area contributed by atoms with Gasteiger partial charge >= 0.3 is 0 Å². The summed E-state index contributed by atoms with van der Waals surface area (Å²) in [5.74, 6) is 0.0395. The summed E-state index contributed by atoms with van der Waals surface area (Å²) in [6, 6.07) is 10.2. The highest BCUT2D eigenvalue weighted by Gasteiger charge is 2.26. The molecule has 0 aliphatic heterocycles. The number of aromatic nitrogens is 1. The van der Waals surface area contributed by atoms with Gasteiger partial charge in [0, 0.05) is 25.7 Å². The zero-order valence-electron chi connectivity index (χ0n) is 20.4. The Bertz CT molecular complexity index is 1320. The predicted octanol–water partition coefficient (Wildman–Crippen LogP) is 4.90. The minimum atomic E-state index is -3.64. The molecular formula is C25H33N3O3S2. The number of rotatable bonds is 7. The van der Waals surface area contributed by atoms with Crippen molar-refractivity contribution in [1.29, 1.82) is 0 Å². The molecule has 0 spiro atoms. The molecule has 6 nitrogen and oxygen atoms in total. The van der Waals surface area contributed by atoms with E-state index in [9.17, 15) is 13.2 Å². The summed E-state index contributed by atoms with van der Waals surface area (Å²) in [7, 11) is -1.73. The van der Waals surface area contributed by atoms with Crippen LogP contribution < -0.4 is 4.80 Å². The molecule has 0 atom stereocenters. The number of sulfonamides is 1. The van der Waals surface area contributed by atoms with E-state index in [1.165, 1.54) is 27.8 Å². The van der Waals surface area contributed by atoms with E-state index in [2.05, 4.69) is 17.1 Å². The molecule has 0 radical (unpaired) electrons. The molecule has 0 saturated carbocycles. The molecule has 0 fully saturated rings. The van der Waals surface area contributed by atoms with Crippen LogP contribution in [-0.4, -0.2) is 36.3 Å². The normalized spacial score (nSPS) is 13.1. The number of thiazole rings is 1. The van der Waals surface area contributed by atoms with Gasteiger partial charge in [0.15, 0.2) is 4.80 Å². The van der Waals surface area contributed by atoms with Gasteiger partial charge < -0.3 is 4.57 Å². The summed E-state index contributed by atoms with van der Waals surface area (Å²) < 4.78 is 31.0. The predicted molar refractivity (Wildman–Crippen MR) is 135 cm³/mol. The van der Waals surface area contributed by atoms with Gasteiger partial charge in [0.25, 0.3) is 5.91 Å². The highest BCUT2D eigenvalue weighted by atomic mass is 32.2. The fraction of sp³-hybridized carbons (Fsp3) is 0.440. The number of hydrogen-bond acceptors (Lipinski definition) is 4. The van der Waals surface area contributed by atoms with Crippen molar-refractivity contribution in [3.63, 3.8) is 0 Å². The third-order valence-electron chi connectivity index (χ3n) is 5.42. The highest BCUT2D eigenvalue weighted by Crippen LogP contribution is 2.24. The third kappa shape index (κ3) is 5.45. The molecule has 0 N–H and O–H groups in total. The van der Waals surface area contributed by atoms with Crippen LogP contribution in [0.5, 0.6) is 0 Å². The minimum Gasteiger partial charge on any atom is -0.319 e. The maximum Gasteiger partial charge on any atom is 0.279 e. The van der Waals surface area contributed by atoms with E-state index in [-0.39, 0.29) is 16.7 Å². The van der Waals surface area contributed by atoms with Crippen LogP contribution in [0.1, 0.15) is 49.2 Å². The lowest BCUT2D eigenvalue weighted by Crippen LogP contribution is -2.37. The number of aryl methyl sites for hydroxylation is 3. The second kappa shape index (κ2) is 9.91. The molecular weight excluding hydrogens is 454 g/mol. The maximum atomic E-state index is 13.2. The van der Waals surface area contributed by atoms with Gasteiger partial charge in [0.05, 0.1) is 15.1 Å². The Morgan fingerprint density at radius 2 is 1.52 bits per heavy atom. The van der Waals surface area contributed by atoms with E-state index < -0.39 is 15.9 Å². The Hall–Kier alpha value is -2.29. The van der Waals surface area contributed by atoms with Crippen molar-refractivity contribution < 1.29 is 13.2 Å². The van der Waals surface area contributed by atoms with E-state index in [1.807, 2.05) is 53.2 Å². The molecule has 2 aromatic carbocycles. The first kappa shape index (κ1) is 25.3. The third-order valence-corrected chi connectivity index (χ3v) is 8.53. The van der Waals surface area contributed by atoms with Crippen LogP contribution in [0.15, 0.2) is 46.3 Å². The summed E-state index contributed by atoms with van der Waals surface area (Å²) in [5, 5.41) is 0. The molecule has 1 heterocycles. The number of amides is 1. The van der Waals surface area contributed by atoms with E-state index >= 15 is 0 Å². The van der Waals surface area contributed by atoms with Crippen molar-refractivity contribution >= 4 is 37.5 Å². The quantitative estimate of drug-likeness (QED) is 0.476. The van der Waals surface area contributed by atoms with Gasteiger partial charge in [0.1, 0.15) is 0 Å². The number of hydrogen-bond donors (Lipinski definition) is 0. The van der Waals surface area contributed by atoms with Crippen LogP contribution in [0.25, 0.3) is 10.2 Å². The molecule has 0 aliphatic carbocycles. The van der Waals surface area contributed by atoms with E-state index in [0.717, 1.165) is 21.3 Å². The molecule has 0 unspecified atom stereocenters. The Balaban J connectivity index is 1.93. The summed E-state index contributed by atoms with van der Waals surface area (Å²) in [5.41, 5.74) is 3.71. The minimum absolute atomic E-state index is 0.194. The van der Waals surface area contributed by atoms with Crippen molar-refractivity contribution in [3.05, 3.63) is 57.9 Å². The van der Waals surface area contributed by atoms with Crippen LogP contribution >= 0.6 is 11.3 Å². The monoisotopic (exact) mass is 487 g/mol. The van der Waals surface area contributed by atoms with Crippen LogP contribution in [0.4, 0.5) is 0 Å². The Labute approximate surface area is 200 Å². The van der Waals surface area contributed by atoms with Crippen molar-refractivity contribution in [2.75, 3.05) is 13.1 Å². The van der Waals surface area contributed by atoms with Gasteiger partial charge in [-0.15, -0.1) is 0 Å². The van der Waals surface area contributed by atoms with Crippen LogP contribution in [-0.2, 0) is 17.1 Å². The zero-order chi connectivity index (χ0) is 24.5. The number of carbonyl (C=O) groups excluding carboxylic acids is 1. The van der Waals surface area contributed by atoms with Crippen molar-refractivity contribution in [2.45, 2.75) is 46.4 Å².